The van der Waals surface area contributed by atoms with Crippen LogP contribution >= 0.6 is 23.1 Å². The molecule has 0 saturated carbocycles. The Kier molecular flexibility index (Phi) is 3.65. The Morgan fingerprint density at radius 3 is 2.85 bits per heavy atom. The summed E-state index contributed by atoms with van der Waals surface area (Å²) >= 11 is 2.84. The number of anilines is 2. The van der Waals surface area contributed by atoms with Gasteiger partial charge in [-0.3, -0.25) is 5.10 Å². The van der Waals surface area contributed by atoms with E-state index in [9.17, 15) is 0 Å². The van der Waals surface area contributed by atoms with Crippen molar-refractivity contribution in [3.05, 3.63) is 43.1 Å². The molecule has 0 fully saturated rings. The van der Waals surface area contributed by atoms with Gasteiger partial charge in [0.25, 0.3) is 0 Å². The van der Waals surface area contributed by atoms with Gasteiger partial charge in [0.1, 0.15) is 33.5 Å². The van der Waals surface area contributed by atoms with E-state index in [0.717, 1.165) is 20.9 Å². The largest absolute Gasteiger partial charge is 0.314 e. The number of H-pyrrole nitrogens is 1. The Morgan fingerprint density at radius 2 is 1.96 bits per heavy atom. The molecule has 5 aromatic heterocycles. The molecule has 2 N–H and O–H groups in total. The maximum Gasteiger partial charge on any atom is 0.191 e. The van der Waals surface area contributed by atoms with Crippen LogP contribution in [0.1, 0.15) is 0 Å². The fourth-order valence-corrected chi connectivity index (χ4v) is 3.81. The number of nitrogens with one attached hydrogen (secondary N) is 2. The average Bonchev–Trinajstić information content (AvgIpc) is 3.31. The van der Waals surface area contributed by atoms with Gasteiger partial charge in [0.05, 0.1) is 5.52 Å². The molecule has 5 rings (SSSR count). The Labute approximate surface area is 154 Å². The first kappa shape index (κ1) is 15.1. The number of thiazole rings is 1. The SMILES string of the molecule is c1cnc2sc(Nc3ncnc4ccc(Sc5ncn[nH]5)nc34)nc2c1. The maximum atomic E-state index is 4.65. The van der Waals surface area contributed by atoms with Gasteiger partial charge in [-0.05, 0) is 36.0 Å². The highest BCUT2D eigenvalue weighted by Gasteiger charge is 2.11. The number of nitrogens with zero attached hydrogens (tertiary/aromatic N) is 7. The summed E-state index contributed by atoms with van der Waals surface area (Å²) in [4.78, 5) is 27.1. The number of aromatic amines is 1. The minimum absolute atomic E-state index is 0.592. The monoisotopic (exact) mass is 379 g/mol. The summed E-state index contributed by atoms with van der Waals surface area (Å²) < 4.78 is 0. The van der Waals surface area contributed by atoms with Gasteiger partial charge in [-0.1, -0.05) is 11.3 Å². The maximum absolute atomic E-state index is 4.65. The van der Waals surface area contributed by atoms with E-state index in [1.807, 2.05) is 24.3 Å². The lowest BCUT2D eigenvalue weighted by Crippen LogP contribution is -1.97. The summed E-state index contributed by atoms with van der Waals surface area (Å²) in [5.41, 5.74) is 2.24. The number of aromatic nitrogens is 8. The molecule has 0 aliphatic rings. The number of fused-ring (bicyclic) bond motifs is 2. The average molecular weight is 379 g/mol. The van der Waals surface area contributed by atoms with Crippen molar-refractivity contribution >= 4 is 55.4 Å². The molecule has 0 radical (unpaired) electrons. The second-order valence-electron chi connectivity index (χ2n) is 5.10. The Hall–Kier alpha value is -3.18. The smallest absolute Gasteiger partial charge is 0.191 e. The van der Waals surface area contributed by atoms with E-state index in [1.54, 1.807) is 6.20 Å². The van der Waals surface area contributed by atoms with Crippen LogP contribution in [0.2, 0.25) is 0 Å². The van der Waals surface area contributed by atoms with E-state index in [4.69, 9.17) is 0 Å². The van der Waals surface area contributed by atoms with Gasteiger partial charge in [0, 0.05) is 6.20 Å². The number of hydrogen-bond acceptors (Lipinski definition) is 10. The molecule has 26 heavy (non-hydrogen) atoms. The highest BCUT2D eigenvalue weighted by Crippen LogP contribution is 2.30. The minimum atomic E-state index is 0.592. The molecule has 0 atom stereocenters. The Balaban J connectivity index is 1.53. The molecule has 0 unspecified atom stereocenters. The molecule has 0 aliphatic heterocycles. The summed E-state index contributed by atoms with van der Waals surface area (Å²) in [5, 5.41) is 12.0. The summed E-state index contributed by atoms with van der Waals surface area (Å²) in [6.07, 6.45) is 4.71. The van der Waals surface area contributed by atoms with Crippen LogP contribution in [0.5, 0.6) is 0 Å². The zero-order chi connectivity index (χ0) is 17.3. The number of pyridine rings is 2. The fraction of sp³-hybridized carbons (Fsp3) is 0. The third kappa shape index (κ3) is 2.82. The normalized spacial score (nSPS) is 11.2. The van der Waals surface area contributed by atoms with Crippen LogP contribution in [0.25, 0.3) is 21.4 Å². The van der Waals surface area contributed by atoms with E-state index in [0.29, 0.717) is 21.6 Å². The molecule has 126 valence electrons. The topological polar surface area (TPSA) is 118 Å². The lowest BCUT2D eigenvalue weighted by Gasteiger charge is -2.06. The van der Waals surface area contributed by atoms with Gasteiger partial charge in [-0.25, -0.2) is 29.9 Å². The third-order valence-electron chi connectivity index (χ3n) is 3.44. The summed E-state index contributed by atoms with van der Waals surface area (Å²) in [6.45, 7) is 0. The van der Waals surface area contributed by atoms with Crippen LogP contribution in [0.3, 0.4) is 0 Å². The molecular formula is C15H9N9S2. The zero-order valence-corrected chi connectivity index (χ0v) is 14.6. The first-order valence-corrected chi connectivity index (χ1v) is 9.12. The van der Waals surface area contributed by atoms with Crippen LogP contribution in [-0.2, 0) is 0 Å². The van der Waals surface area contributed by atoms with Crippen molar-refractivity contribution in [3.8, 4) is 0 Å². The summed E-state index contributed by atoms with van der Waals surface area (Å²) in [5.74, 6) is 0.592. The van der Waals surface area contributed by atoms with Crippen LogP contribution in [0, 0.1) is 0 Å². The van der Waals surface area contributed by atoms with Gasteiger partial charge in [0.15, 0.2) is 16.1 Å². The summed E-state index contributed by atoms with van der Waals surface area (Å²) in [7, 11) is 0. The van der Waals surface area contributed by atoms with Crippen LogP contribution in [0.15, 0.2) is 53.3 Å². The molecule has 0 aromatic carbocycles. The molecule has 5 heterocycles. The van der Waals surface area contributed by atoms with E-state index in [1.165, 1.54) is 35.8 Å². The van der Waals surface area contributed by atoms with E-state index in [-0.39, 0.29) is 0 Å². The van der Waals surface area contributed by atoms with Crippen molar-refractivity contribution < 1.29 is 0 Å². The van der Waals surface area contributed by atoms with Crippen LogP contribution in [-0.4, -0.2) is 40.1 Å². The lowest BCUT2D eigenvalue weighted by molar-refractivity contribution is 0.969. The van der Waals surface area contributed by atoms with Crippen LogP contribution < -0.4 is 5.32 Å². The molecule has 0 amide bonds. The van der Waals surface area contributed by atoms with Gasteiger partial charge in [0.2, 0.25) is 0 Å². The second-order valence-corrected chi connectivity index (χ2v) is 7.09. The Bertz CT molecular complexity index is 1170. The molecule has 9 nitrogen and oxygen atoms in total. The zero-order valence-electron chi connectivity index (χ0n) is 13.0. The van der Waals surface area contributed by atoms with E-state index < -0.39 is 0 Å². The van der Waals surface area contributed by atoms with Crippen molar-refractivity contribution in [2.45, 2.75) is 10.2 Å². The number of hydrogen-bond donors (Lipinski definition) is 2. The fourth-order valence-electron chi connectivity index (χ4n) is 2.34. The molecule has 11 heteroatoms. The standard InChI is InChI=1S/C15H9N9S2/c1-2-9-13(16-5-1)26-15(21-9)23-12-11-8(17-6-18-12)3-4-10(22-11)25-14-19-7-20-24-14/h1-7H,(H,19,20,24)(H,17,18,21,23). The van der Waals surface area contributed by atoms with Gasteiger partial charge < -0.3 is 5.32 Å². The molecule has 0 spiro atoms. The lowest BCUT2D eigenvalue weighted by atomic mass is 10.3. The predicted molar refractivity (Wildman–Crippen MR) is 98.5 cm³/mol. The van der Waals surface area contributed by atoms with Crippen molar-refractivity contribution in [2.75, 3.05) is 5.32 Å². The molecular weight excluding hydrogens is 370 g/mol. The van der Waals surface area contributed by atoms with Crippen molar-refractivity contribution in [1.29, 1.82) is 0 Å². The van der Waals surface area contributed by atoms with Crippen LogP contribution in [0.4, 0.5) is 10.9 Å². The van der Waals surface area contributed by atoms with Crippen molar-refractivity contribution in [2.24, 2.45) is 0 Å². The van der Waals surface area contributed by atoms with Gasteiger partial charge >= 0.3 is 0 Å². The molecule has 0 saturated heterocycles. The first-order chi connectivity index (χ1) is 12.8. The molecule has 0 aliphatic carbocycles. The quantitative estimate of drug-likeness (QED) is 0.485. The second kappa shape index (κ2) is 6.28. The molecule has 0 bridgehead atoms. The van der Waals surface area contributed by atoms with Gasteiger partial charge in [-0.15, -0.1) is 0 Å². The Morgan fingerprint density at radius 1 is 0.962 bits per heavy atom. The highest BCUT2D eigenvalue weighted by molar-refractivity contribution is 7.99. The summed E-state index contributed by atoms with van der Waals surface area (Å²) in [6, 6.07) is 7.56. The first-order valence-electron chi connectivity index (χ1n) is 7.49. The molecule has 5 aromatic rings. The van der Waals surface area contributed by atoms with Crippen molar-refractivity contribution in [1.82, 2.24) is 40.1 Å². The highest BCUT2D eigenvalue weighted by atomic mass is 32.2. The minimum Gasteiger partial charge on any atom is -0.314 e. The predicted octanol–water partition coefficient (Wildman–Crippen LogP) is 3.04. The third-order valence-corrected chi connectivity index (χ3v) is 5.16. The van der Waals surface area contributed by atoms with E-state index >= 15 is 0 Å². The van der Waals surface area contributed by atoms with E-state index in [2.05, 4.69) is 45.4 Å². The van der Waals surface area contributed by atoms with Gasteiger partial charge in [-0.2, -0.15) is 5.10 Å². The van der Waals surface area contributed by atoms with Crippen molar-refractivity contribution in [3.63, 3.8) is 0 Å². The number of rotatable bonds is 4.